The molecule has 0 saturated heterocycles. The van der Waals surface area contributed by atoms with Gasteiger partial charge in [0.1, 0.15) is 0 Å². The number of carbonyl (C=O) groups is 1. The number of rotatable bonds is 5. The number of ether oxygens (including phenoxy) is 1. The fraction of sp³-hybridized carbons (Fsp3) is 0.462. The van der Waals surface area contributed by atoms with Gasteiger partial charge < -0.3 is 4.74 Å². The smallest absolute Gasteiger partial charge is 0.307 e. The molecule has 1 aromatic rings. The zero-order chi connectivity index (χ0) is 14.6. The molecule has 1 N–H and O–H groups in total. The van der Waals surface area contributed by atoms with Crippen molar-refractivity contribution in [2.24, 2.45) is 0 Å². The number of carbonyl (C=O) groups excluding carboxylic acids is 1. The van der Waals surface area contributed by atoms with Crippen molar-refractivity contribution in [3.63, 3.8) is 0 Å². The fourth-order valence-electron chi connectivity index (χ4n) is 1.80. The maximum atomic E-state index is 12.2. The Morgan fingerprint density at radius 3 is 2.26 bits per heavy atom. The van der Waals surface area contributed by atoms with E-state index in [0.29, 0.717) is 0 Å². The lowest BCUT2D eigenvalue weighted by atomic mass is 10.2. The Labute approximate surface area is 114 Å². The third kappa shape index (κ3) is 4.65. The van der Waals surface area contributed by atoms with Crippen LogP contribution in [0.1, 0.15) is 24.5 Å². The Bertz CT molecular complexity index is 546. The lowest BCUT2D eigenvalue weighted by Crippen LogP contribution is -2.34. The number of benzene rings is 1. The van der Waals surface area contributed by atoms with E-state index in [1.165, 1.54) is 7.11 Å². The molecule has 1 unspecified atom stereocenters. The van der Waals surface area contributed by atoms with Crippen LogP contribution in [0, 0.1) is 13.8 Å². The first kappa shape index (κ1) is 15.7. The highest BCUT2D eigenvalue weighted by molar-refractivity contribution is 7.89. The maximum Gasteiger partial charge on any atom is 0.307 e. The average Bonchev–Trinajstić information content (AvgIpc) is 2.26. The second kappa shape index (κ2) is 6.16. The van der Waals surface area contributed by atoms with Gasteiger partial charge in [-0.2, -0.15) is 0 Å². The van der Waals surface area contributed by atoms with Crippen LogP contribution in [0.2, 0.25) is 0 Å². The predicted octanol–water partition coefficient (Wildman–Crippen LogP) is 1.53. The summed E-state index contributed by atoms with van der Waals surface area (Å²) in [5.41, 5.74) is 1.75. The van der Waals surface area contributed by atoms with Gasteiger partial charge in [-0.15, -0.1) is 0 Å². The molecule has 0 saturated carbocycles. The Kier molecular flexibility index (Phi) is 5.08. The molecule has 6 heteroatoms. The second-order valence-corrected chi connectivity index (χ2v) is 6.34. The molecular formula is C13H19NO4S. The quantitative estimate of drug-likeness (QED) is 0.833. The number of hydrogen-bond acceptors (Lipinski definition) is 4. The van der Waals surface area contributed by atoms with E-state index in [1.807, 2.05) is 19.9 Å². The summed E-state index contributed by atoms with van der Waals surface area (Å²) in [6, 6.07) is 4.58. The van der Waals surface area contributed by atoms with Crippen molar-refractivity contribution in [2.45, 2.75) is 38.1 Å². The molecule has 0 bridgehead atoms. The minimum absolute atomic E-state index is 0.000524. The normalized spacial score (nSPS) is 13.1. The van der Waals surface area contributed by atoms with Gasteiger partial charge in [-0.3, -0.25) is 4.79 Å². The fourth-order valence-corrected chi connectivity index (χ4v) is 3.23. The van der Waals surface area contributed by atoms with Gasteiger partial charge in [0.25, 0.3) is 0 Å². The van der Waals surface area contributed by atoms with Crippen LogP contribution in [-0.2, 0) is 19.6 Å². The Balaban J connectivity index is 2.89. The van der Waals surface area contributed by atoms with Crippen LogP contribution in [0.25, 0.3) is 0 Å². The zero-order valence-corrected chi connectivity index (χ0v) is 12.4. The highest BCUT2D eigenvalue weighted by Crippen LogP contribution is 2.15. The molecule has 0 amide bonds. The first-order valence-electron chi connectivity index (χ1n) is 5.92. The van der Waals surface area contributed by atoms with E-state index in [4.69, 9.17) is 0 Å². The number of sulfonamides is 1. The molecule has 0 spiro atoms. The van der Waals surface area contributed by atoms with Gasteiger partial charge in [0.2, 0.25) is 10.0 Å². The van der Waals surface area contributed by atoms with Crippen LogP contribution < -0.4 is 4.72 Å². The van der Waals surface area contributed by atoms with Crippen molar-refractivity contribution in [3.05, 3.63) is 29.3 Å². The van der Waals surface area contributed by atoms with Crippen LogP contribution >= 0.6 is 0 Å². The van der Waals surface area contributed by atoms with Gasteiger partial charge in [0, 0.05) is 6.04 Å². The highest BCUT2D eigenvalue weighted by atomic mass is 32.2. The standard InChI is InChI=1S/C13H19NO4S/c1-9-5-10(2)7-12(6-9)19(16,17)14-11(3)8-13(15)18-4/h5-7,11,14H,8H2,1-4H3. The molecular weight excluding hydrogens is 266 g/mol. The summed E-state index contributed by atoms with van der Waals surface area (Å²) < 4.78 is 31.3. The minimum atomic E-state index is -3.62. The van der Waals surface area contributed by atoms with Gasteiger partial charge in [-0.25, -0.2) is 13.1 Å². The summed E-state index contributed by atoms with van der Waals surface area (Å²) in [5, 5.41) is 0. The van der Waals surface area contributed by atoms with E-state index in [2.05, 4.69) is 9.46 Å². The molecule has 0 aliphatic heterocycles. The molecule has 0 aliphatic carbocycles. The molecule has 1 atom stereocenters. The lowest BCUT2D eigenvalue weighted by molar-refractivity contribution is -0.140. The summed E-state index contributed by atoms with van der Waals surface area (Å²) >= 11 is 0. The number of nitrogens with one attached hydrogen (secondary N) is 1. The van der Waals surface area contributed by atoms with E-state index < -0.39 is 22.0 Å². The third-order valence-electron chi connectivity index (χ3n) is 2.56. The van der Waals surface area contributed by atoms with Gasteiger partial charge in [-0.05, 0) is 44.0 Å². The van der Waals surface area contributed by atoms with Gasteiger partial charge >= 0.3 is 5.97 Å². The monoisotopic (exact) mass is 285 g/mol. The Morgan fingerprint density at radius 1 is 1.26 bits per heavy atom. The van der Waals surface area contributed by atoms with Crippen molar-refractivity contribution in [1.29, 1.82) is 0 Å². The highest BCUT2D eigenvalue weighted by Gasteiger charge is 2.19. The van der Waals surface area contributed by atoms with E-state index in [9.17, 15) is 13.2 Å². The van der Waals surface area contributed by atoms with Crippen molar-refractivity contribution in [1.82, 2.24) is 4.72 Å². The average molecular weight is 285 g/mol. The van der Waals surface area contributed by atoms with Crippen molar-refractivity contribution in [2.75, 3.05) is 7.11 Å². The zero-order valence-electron chi connectivity index (χ0n) is 11.6. The van der Waals surface area contributed by atoms with Gasteiger partial charge in [-0.1, -0.05) is 6.07 Å². The summed E-state index contributed by atoms with van der Waals surface area (Å²) in [5.74, 6) is -0.448. The van der Waals surface area contributed by atoms with Crippen LogP contribution in [0.4, 0.5) is 0 Å². The molecule has 0 aliphatic rings. The van der Waals surface area contributed by atoms with E-state index >= 15 is 0 Å². The Morgan fingerprint density at radius 2 is 1.79 bits per heavy atom. The summed E-state index contributed by atoms with van der Waals surface area (Å²) in [4.78, 5) is 11.3. The summed E-state index contributed by atoms with van der Waals surface area (Å²) in [6.07, 6.45) is 0.000524. The van der Waals surface area contributed by atoms with Crippen LogP contribution in [-0.4, -0.2) is 27.5 Å². The molecule has 0 fully saturated rings. The van der Waals surface area contributed by atoms with Crippen molar-refractivity contribution < 1.29 is 17.9 Å². The first-order chi connectivity index (χ1) is 8.74. The van der Waals surface area contributed by atoms with E-state index in [-0.39, 0.29) is 11.3 Å². The van der Waals surface area contributed by atoms with Crippen LogP contribution in [0.15, 0.2) is 23.1 Å². The molecule has 0 aromatic heterocycles. The molecule has 0 heterocycles. The third-order valence-corrected chi connectivity index (χ3v) is 4.13. The molecule has 0 radical (unpaired) electrons. The van der Waals surface area contributed by atoms with Gasteiger partial charge in [0.15, 0.2) is 0 Å². The number of hydrogen-bond donors (Lipinski definition) is 1. The minimum Gasteiger partial charge on any atom is -0.469 e. The van der Waals surface area contributed by atoms with Gasteiger partial charge in [0.05, 0.1) is 18.4 Å². The van der Waals surface area contributed by atoms with Crippen molar-refractivity contribution in [3.8, 4) is 0 Å². The Hall–Kier alpha value is -1.40. The SMILES string of the molecule is COC(=O)CC(C)NS(=O)(=O)c1cc(C)cc(C)c1. The largest absolute Gasteiger partial charge is 0.469 e. The second-order valence-electron chi connectivity index (χ2n) is 4.63. The van der Waals surface area contributed by atoms with Crippen molar-refractivity contribution >= 4 is 16.0 Å². The van der Waals surface area contributed by atoms with E-state index in [1.54, 1.807) is 19.1 Å². The van der Waals surface area contributed by atoms with E-state index in [0.717, 1.165) is 11.1 Å². The summed E-state index contributed by atoms with van der Waals surface area (Å²) in [6.45, 7) is 5.30. The predicted molar refractivity (Wildman–Crippen MR) is 72.3 cm³/mol. The summed E-state index contributed by atoms with van der Waals surface area (Å²) in [7, 11) is -2.34. The number of esters is 1. The molecule has 1 rings (SSSR count). The maximum absolute atomic E-state index is 12.2. The molecule has 106 valence electrons. The van der Waals surface area contributed by atoms with Crippen LogP contribution in [0.5, 0.6) is 0 Å². The molecule has 19 heavy (non-hydrogen) atoms. The molecule has 1 aromatic carbocycles. The van der Waals surface area contributed by atoms with Crippen LogP contribution in [0.3, 0.4) is 0 Å². The number of methoxy groups -OCH3 is 1. The topological polar surface area (TPSA) is 72.5 Å². The lowest BCUT2D eigenvalue weighted by Gasteiger charge is -2.14. The number of aryl methyl sites for hydroxylation is 2. The first-order valence-corrected chi connectivity index (χ1v) is 7.40. The molecule has 5 nitrogen and oxygen atoms in total.